The van der Waals surface area contributed by atoms with Gasteiger partial charge in [0.1, 0.15) is 6.04 Å². The molecular weight excluding hydrogens is 631 g/mol. The second kappa shape index (κ2) is 36.1. The number of thioether (sulfide) groups is 1. The summed E-state index contributed by atoms with van der Waals surface area (Å²) in [5, 5.41) is 6.19. The second-order valence-corrected chi connectivity index (χ2v) is 15.2. The lowest BCUT2D eigenvalue weighted by Gasteiger charge is -2.23. The molecule has 0 saturated carbocycles. The first-order valence-electron chi connectivity index (χ1n) is 20.3. The van der Waals surface area contributed by atoms with Crippen molar-refractivity contribution in [2.24, 2.45) is 5.92 Å². The van der Waals surface area contributed by atoms with Crippen molar-refractivity contribution in [2.75, 3.05) is 45.3 Å². The highest BCUT2D eigenvalue weighted by Gasteiger charge is 2.25. The first-order valence-corrected chi connectivity index (χ1v) is 21.4. The van der Waals surface area contributed by atoms with Gasteiger partial charge in [-0.05, 0) is 45.5 Å². The Morgan fingerprint density at radius 2 is 1.18 bits per heavy atom. The lowest BCUT2D eigenvalue weighted by molar-refractivity contribution is -0.141. The number of rotatable bonds is 34. The number of carbonyl (C=O) groups is 3. The summed E-state index contributed by atoms with van der Waals surface area (Å²) in [6.07, 6.45) is 26.8. The fourth-order valence-corrected chi connectivity index (χ4v) is 6.71. The molecule has 0 fully saturated rings. The molecule has 0 heterocycles. The summed E-state index contributed by atoms with van der Waals surface area (Å²) in [5.41, 5.74) is 0. The van der Waals surface area contributed by atoms with E-state index in [0.717, 1.165) is 45.1 Å². The van der Waals surface area contributed by atoms with E-state index in [9.17, 15) is 14.4 Å². The lowest BCUT2D eigenvalue weighted by Crippen LogP contribution is -2.49. The number of unbranched alkanes of at least 4 members (excludes halogenated alkanes) is 17. The molecule has 2 atom stereocenters. The number of nitrogens with one attached hydrogen (secondary N) is 2. The molecule has 0 spiro atoms. The average Bonchev–Trinajstić information content (AvgIpc) is 3.08. The molecule has 7 nitrogen and oxygen atoms in total. The molecule has 0 bridgehead atoms. The molecule has 0 aliphatic heterocycles. The van der Waals surface area contributed by atoms with E-state index in [4.69, 9.17) is 4.74 Å². The van der Waals surface area contributed by atoms with Gasteiger partial charge in [0.25, 0.3) is 0 Å². The van der Waals surface area contributed by atoms with Crippen molar-refractivity contribution in [2.45, 2.75) is 181 Å². The number of esters is 1. The molecule has 0 rings (SSSR count). The van der Waals surface area contributed by atoms with Crippen LogP contribution in [0.4, 0.5) is 0 Å². The third kappa shape index (κ3) is 32.0. The van der Waals surface area contributed by atoms with Gasteiger partial charge in [-0.25, -0.2) is 0 Å². The van der Waals surface area contributed by atoms with Gasteiger partial charge in [-0.2, -0.15) is 11.8 Å². The normalized spacial score (nSPS) is 12.3. The number of hydrogen-bond donors (Lipinski definition) is 2. The Balaban J connectivity index is 4.89. The van der Waals surface area contributed by atoms with Crippen LogP contribution in [-0.2, 0) is 19.1 Å². The van der Waals surface area contributed by atoms with Gasteiger partial charge in [-0.3, -0.25) is 14.4 Å². The summed E-state index contributed by atoms with van der Waals surface area (Å²) < 4.78 is 5.27. The molecule has 0 aromatic rings. The highest BCUT2D eigenvalue weighted by Crippen LogP contribution is 2.21. The van der Waals surface area contributed by atoms with E-state index in [2.05, 4.69) is 43.2 Å². The maximum atomic E-state index is 13.7. The molecule has 0 aliphatic carbocycles. The van der Waals surface area contributed by atoms with Crippen LogP contribution in [-0.4, -0.2) is 74.0 Å². The van der Waals surface area contributed by atoms with Crippen molar-refractivity contribution >= 4 is 29.5 Å². The number of ether oxygens (including phenoxy) is 1. The molecule has 0 radical (unpaired) electrons. The Bertz CT molecular complexity index is 857. The maximum Gasteiger partial charge on any atom is 0.307 e. The summed E-state index contributed by atoms with van der Waals surface area (Å²) in [6.45, 7) is 8.13. The van der Waals surface area contributed by atoms with E-state index in [-0.39, 0.29) is 30.3 Å². The Kier molecular flexibility index (Phi) is 34.8. The lowest BCUT2D eigenvalue weighted by atomic mass is 9.93. The third-order valence-corrected chi connectivity index (χ3v) is 10.0. The summed E-state index contributed by atoms with van der Waals surface area (Å²) in [4.78, 5) is 41.1. The van der Waals surface area contributed by atoms with Gasteiger partial charge in [0.05, 0.1) is 6.42 Å². The molecule has 49 heavy (non-hydrogen) atoms. The van der Waals surface area contributed by atoms with E-state index < -0.39 is 6.04 Å². The zero-order chi connectivity index (χ0) is 36.2. The third-order valence-electron chi connectivity index (χ3n) is 9.01. The molecule has 0 aliphatic rings. The zero-order valence-corrected chi connectivity index (χ0v) is 33.5. The fourth-order valence-electron chi connectivity index (χ4n) is 5.79. The zero-order valence-electron chi connectivity index (χ0n) is 32.6. The SMILES string of the molecule is CCCCCCCC#CCOC(=O)CCSCCC(NC(=O)C(CCCCCCCC)CCCCCCCCCC)C(=O)NCCN(C)C. The van der Waals surface area contributed by atoms with Crippen LogP contribution < -0.4 is 10.6 Å². The summed E-state index contributed by atoms with van der Waals surface area (Å²) in [5.74, 6) is 6.97. The molecule has 286 valence electrons. The first-order chi connectivity index (χ1) is 23.8. The van der Waals surface area contributed by atoms with E-state index in [1.807, 2.05) is 19.0 Å². The van der Waals surface area contributed by atoms with E-state index >= 15 is 0 Å². The van der Waals surface area contributed by atoms with Gasteiger partial charge in [-0.15, -0.1) is 0 Å². The van der Waals surface area contributed by atoms with E-state index in [1.165, 1.54) is 103 Å². The van der Waals surface area contributed by atoms with Crippen LogP contribution in [0.1, 0.15) is 175 Å². The minimum Gasteiger partial charge on any atom is -0.452 e. The summed E-state index contributed by atoms with van der Waals surface area (Å²) in [7, 11) is 3.96. The van der Waals surface area contributed by atoms with Gasteiger partial charge < -0.3 is 20.3 Å². The average molecular weight is 708 g/mol. The highest BCUT2D eigenvalue weighted by molar-refractivity contribution is 7.99. The van der Waals surface area contributed by atoms with Crippen molar-refractivity contribution in [3.05, 3.63) is 0 Å². The van der Waals surface area contributed by atoms with Crippen molar-refractivity contribution in [3.63, 3.8) is 0 Å². The monoisotopic (exact) mass is 708 g/mol. The van der Waals surface area contributed by atoms with Crippen LogP contribution in [0.25, 0.3) is 0 Å². The van der Waals surface area contributed by atoms with Crippen LogP contribution in [0.5, 0.6) is 0 Å². The summed E-state index contributed by atoms with van der Waals surface area (Å²) in [6, 6.07) is -0.572. The van der Waals surface area contributed by atoms with Crippen molar-refractivity contribution in [1.82, 2.24) is 15.5 Å². The second-order valence-electron chi connectivity index (χ2n) is 14.0. The highest BCUT2D eigenvalue weighted by atomic mass is 32.2. The molecule has 2 unspecified atom stereocenters. The molecule has 2 amide bonds. The molecule has 8 heteroatoms. The molecule has 2 N–H and O–H groups in total. The summed E-state index contributed by atoms with van der Waals surface area (Å²) >= 11 is 1.62. The Morgan fingerprint density at radius 1 is 0.653 bits per heavy atom. The van der Waals surface area contributed by atoms with Crippen molar-refractivity contribution in [1.29, 1.82) is 0 Å². The van der Waals surface area contributed by atoms with Crippen LogP contribution in [0.3, 0.4) is 0 Å². The molecule has 0 saturated heterocycles. The Labute approximate surface area is 307 Å². The van der Waals surface area contributed by atoms with E-state index in [1.54, 1.807) is 11.8 Å². The quantitative estimate of drug-likeness (QED) is 0.0394. The van der Waals surface area contributed by atoms with Crippen LogP contribution in [0.15, 0.2) is 0 Å². The number of nitrogens with zero attached hydrogens (tertiary/aromatic N) is 1. The minimum atomic E-state index is -0.572. The number of carbonyl (C=O) groups excluding carboxylic acids is 3. The fraction of sp³-hybridized carbons (Fsp3) is 0.878. The number of amides is 2. The van der Waals surface area contributed by atoms with Gasteiger partial charge in [0.2, 0.25) is 11.8 Å². The number of likely N-dealkylation sites (N-methyl/N-ethyl adjacent to an activating group) is 1. The van der Waals surface area contributed by atoms with Gasteiger partial charge in [0.15, 0.2) is 6.61 Å². The molecule has 0 aromatic heterocycles. The van der Waals surface area contributed by atoms with Gasteiger partial charge in [-0.1, -0.05) is 148 Å². The predicted octanol–water partition coefficient (Wildman–Crippen LogP) is 9.47. The largest absolute Gasteiger partial charge is 0.452 e. The number of hydrogen-bond acceptors (Lipinski definition) is 6. The maximum absolute atomic E-state index is 13.7. The Hall–Kier alpha value is -1.72. The van der Waals surface area contributed by atoms with Gasteiger partial charge >= 0.3 is 5.97 Å². The van der Waals surface area contributed by atoms with Crippen LogP contribution >= 0.6 is 11.8 Å². The van der Waals surface area contributed by atoms with Crippen LogP contribution in [0.2, 0.25) is 0 Å². The molecule has 0 aromatic carbocycles. The minimum absolute atomic E-state index is 0.0277. The topological polar surface area (TPSA) is 87.7 Å². The predicted molar refractivity (Wildman–Crippen MR) is 211 cm³/mol. The van der Waals surface area contributed by atoms with Gasteiger partial charge in [0, 0.05) is 31.2 Å². The van der Waals surface area contributed by atoms with Crippen molar-refractivity contribution < 1.29 is 19.1 Å². The van der Waals surface area contributed by atoms with Crippen molar-refractivity contribution in [3.8, 4) is 11.8 Å². The first kappa shape index (κ1) is 47.3. The molecular formula is C41H77N3O4S. The standard InChI is InChI=1S/C41H77N3O4S/c1-6-9-12-15-18-20-23-26-29-37(28-25-22-17-14-11-8-3)40(46)43-38(41(47)42-32-33-44(4)5)30-35-49-36-31-39(45)48-34-27-24-21-19-16-13-10-7-2/h37-38H,6-23,25-26,28-36H2,1-5H3,(H,42,47)(H,43,46). The smallest absolute Gasteiger partial charge is 0.307 e. The Morgan fingerprint density at radius 3 is 1.73 bits per heavy atom. The van der Waals surface area contributed by atoms with Crippen LogP contribution in [0, 0.1) is 17.8 Å². The van der Waals surface area contributed by atoms with E-state index in [0.29, 0.717) is 30.9 Å².